The number of hydrogen-bond donors (Lipinski definition) is 1. The molecule has 6 nitrogen and oxygen atoms in total. The number of Topliss-reactive ketones (excluding diaryl/α,β-unsaturated/α-hetero) is 1. The molecule has 7 heteroatoms. The molecule has 5 aromatic carbocycles. The first-order valence-electron chi connectivity index (χ1n) is 13.8. The van der Waals surface area contributed by atoms with Crippen molar-refractivity contribution in [1.82, 2.24) is 0 Å². The van der Waals surface area contributed by atoms with Crippen LogP contribution in [0.25, 0.3) is 0 Å². The third-order valence-electron chi connectivity index (χ3n) is 7.35. The SMILES string of the molecule is O=C(C[C@H](O[Si](c1ccccc1)(c1ccccc1)c1ccccc1)c1ccc([N+](=O)[O-])cc1)C[C@H](O)c1ccccc1. The lowest BCUT2D eigenvalue weighted by Gasteiger charge is -2.37. The molecule has 0 bridgehead atoms. The highest BCUT2D eigenvalue weighted by Gasteiger charge is 2.44. The maximum Gasteiger partial charge on any atom is 0.288 e. The van der Waals surface area contributed by atoms with Crippen LogP contribution in [0.5, 0.6) is 0 Å². The minimum Gasteiger partial charge on any atom is -0.397 e. The summed E-state index contributed by atoms with van der Waals surface area (Å²) in [6.07, 6.45) is -1.76. The minimum absolute atomic E-state index is 0.0110. The van der Waals surface area contributed by atoms with Crippen molar-refractivity contribution in [3.63, 3.8) is 0 Å². The number of nitro groups is 1. The smallest absolute Gasteiger partial charge is 0.288 e. The molecule has 0 fully saturated rings. The van der Waals surface area contributed by atoms with E-state index in [9.17, 15) is 20.0 Å². The molecule has 0 radical (unpaired) electrons. The molecule has 0 amide bonds. The summed E-state index contributed by atoms with van der Waals surface area (Å²) in [5.74, 6) is -0.174. The van der Waals surface area contributed by atoms with Gasteiger partial charge in [0.25, 0.3) is 14.0 Å². The van der Waals surface area contributed by atoms with E-state index in [2.05, 4.69) is 36.4 Å². The van der Waals surface area contributed by atoms with Crippen LogP contribution in [0.3, 0.4) is 0 Å². The van der Waals surface area contributed by atoms with E-state index in [1.807, 2.05) is 72.8 Å². The van der Waals surface area contributed by atoms with Crippen LogP contribution in [0.4, 0.5) is 5.69 Å². The summed E-state index contributed by atoms with van der Waals surface area (Å²) in [5.41, 5.74) is 1.28. The number of aliphatic hydroxyl groups excluding tert-OH is 1. The van der Waals surface area contributed by atoms with Crippen molar-refractivity contribution in [2.45, 2.75) is 25.0 Å². The number of ketones is 1. The van der Waals surface area contributed by atoms with Crippen molar-refractivity contribution in [3.05, 3.63) is 167 Å². The van der Waals surface area contributed by atoms with Crippen molar-refractivity contribution < 1.29 is 19.3 Å². The first kappa shape index (κ1) is 28.8. The number of nitrogens with zero attached hydrogens (tertiary/aromatic N) is 1. The van der Waals surface area contributed by atoms with E-state index < -0.39 is 25.4 Å². The van der Waals surface area contributed by atoms with Crippen LogP contribution in [0.2, 0.25) is 0 Å². The molecule has 210 valence electrons. The fraction of sp³-hybridized carbons (Fsp3) is 0.114. The molecular weight excluding hydrogens is 542 g/mol. The van der Waals surface area contributed by atoms with Crippen LogP contribution in [0.15, 0.2) is 146 Å². The molecule has 2 atom stereocenters. The van der Waals surface area contributed by atoms with E-state index in [4.69, 9.17) is 4.43 Å². The minimum atomic E-state index is -3.22. The molecule has 5 aromatic rings. The van der Waals surface area contributed by atoms with Crippen LogP contribution >= 0.6 is 0 Å². The molecule has 5 rings (SSSR count). The van der Waals surface area contributed by atoms with Gasteiger partial charge in [0, 0.05) is 25.0 Å². The Morgan fingerprint density at radius 1 is 0.643 bits per heavy atom. The zero-order valence-electron chi connectivity index (χ0n) is 23.0. The van der Waals surface area contributed by atoms with Gasteiger partial charge in [-0.25, -0.2) is 0 Å². The second-order valence-electron chi connectivity index (χ2n) is 10.1. The molecule has 0 aliphatic carbocycles. The molecule has 0 heterocycles. The second kappa shape index (κ2) is 13.3. The highest BCUT2D eigenvalue weighted by Crippen LogP contribution is 2.30. The van der Waals surface area contributed by atoms with Gasteiger partial charge < -0.3 is 9.53 Å². The van der Waals surface area contributed by atoms with Gasteiger partial charge in [-0.05, 0) is 38.8 Å². The topological polar surface area (TPSA) is 89.7 Å². The van der Waals surface area contributed by atoms with Crippen molar-refractivity contribution in [2.24, 2.45) is 0 Å². The molecular formula is C35H31NO5Si. The molecule has 42 heavy (non-hydrogen) atoms. The molecule has 0 aromatic heterocycles. The summed E-state index contributed by atoms with van der Waals surface area (Å²) in [4.78, 5) is 24.5. The van der Waals surface area contributed by atoms with Gasteiger partial charge in [-0.15, -0.1) is 0 Å². The van der Waals surface area contributed by atoms with Gasteiger partial charge in [-0.1, -0.05) is 121 Å². The maximum absolute atomic E-state index is 13.5. The van der Waals surface area contributed by atoms with Crippen LogP contribution in [-0.2, 0) is 9.22 Å². The average Bonchev–Trinajstić information content (AvgIpc) is 3.04. The average molecular weight is 574 g/mol. The van der Waals surface area contributed by atoms with Gasteiger partial charge in [0.15, 0.2) is 0 Å². The number of non-ortho nitro benzene ring substituents is 1. The molecule has 0 saturated carbocycles. The number of carbonyl (C=O) groups is 1. The summed E-state index contributed by atoms with van der Waals surface area (Å²) in [7, 11) is -3.22. The maximum atomic E-state index is 13.5. The third-order valence-corrected chi connectivity index (χ3v) is 11.4. The fourth-order valence-electron chi connectivity index (χ4n) is 5.27. The van der Waals surface area contributed by atoms with Gasteiger partial charge >= 0.3 is 0 Å². The van der Waals surface area contributed by atoms with E-state index in [1.165, 1.54) is 12.1 Å². The standard InChI is InChI=1S/C35H31NO5Si/c37-30(25-34(38)27-13-5-1-6-14-27)26-35(28-21-23-29(24-22-28)36(39)40)41-42(31-15-7-2-8-16-31,32-17-9-3-10-18-32)33-19-11-4-12-20-33/h1-24,34-35,38H,25-26H2/t34-,35-/m0/s1. The number of rotatable bonds is 12. The highest BCUT2D eigenvalue weighted by molar-refractivity contribution is 7.07. The molecule has 0 unspecified atom stereocenters. The lowest BCUT2D eigenvalue weighted by Crippen LogP contribution is -2.69. The predicted octanol–water partition coefficient (Wildman–Crippen LogP) is 5.40. The Morgan fingerprint density at radius 2 is 1.07 bits per heavy atom. The summed E-state index contributed by atoms with van der Waals surface area (Å²) < 4.78 is 7.31. The largest absolute Gasteiger partial charge is 0.397 e. The number of carbonyl (C=O) groups excluding carboxylic acids is 1. The number of nitro benzene ring substituents is 1. The van der Waals surface area contributed by atoms with Crippen molar-refractivity contribution in [2.75, 3.05) is 0 Å². The second-order valence-corrected chi connectivity index (χ2v) is 13.4. The Labute approximate surface area is 246 Å². The Kier molecular flexibility index (Phi) is 9.14. The van der Waals surface area contributed by atoms with Crippen LogP contribution in [0.1, 0.15) is 36.2 Å². The fourth-order valence-corrected chi connectivity index (χ4v) is 9.31. The van der Waals surface area contributed by atoms with E-state index in [-0.39, 0.29) is 24.3 Å². The van der Waals surface area contributed by atoms with E-state index >= 15 is 0 Å². The molecule has 0 spiro atoms. The van der Waals surface area contributed by atoms with Gasteiger partial charge in [-0.2, -0.15) is 0 Å². The van der Waals surface area contributed by atoms with Gasteiger partial charge in [-0.3, -0.25) is 14.9 Å². The van der Waals surface area contributed by atoms with Crippen LogP contribution < -0.4 is 15.6 Å². The normalized spacial score (nSPS) is 12.8. The first-order valence-corrected chi connectivity index (χ1v) is 15.7. The molecule has 0 saturated heterocycles. The zero-order valence-corrected chi connectivity index (χ0v) is 24.0. The van der Waals surface area contributed by atoms with Crippen molar-refractivity contribution in [3.8, 4) is 0 Å². The van der Waals surface area contributed by atoms with Gasteiger partial charge in [0.2, 0.25) is 0 Å². The molecule has 0 aliphatic rings. The number of hydrogen-bond acceptors (Lipinski definition) is 5. The van der Waals surface area contributed by atoms with E-state index in [0.717, 1.165) is 15.6 Å². The lowest BCUT2D eigenvalue weighted by molar-refractivity contribution is -0.384. The lowest BCUT2D eigenvalue weighted by atomic mass is 9.98. The third kappa shape index (κ3) is 6.44. The Hall–Kier alpha value is -4.69. The van der Waals surface area contributed by atoms with Crippen molar-refractivity contribution in [1.29, 1.82) is 0 Å². The Bertz CT molecular complexity index is 1500. The Balaban J connectivity index is 1.61. The Morgan fingerprint density at radius 3 is 1.50 bits per heavy atom. The van der Waals surface area contributed by atoms with Crippen molar-refractivity contribution >= 4 is 35.3 Å². The van der Waals surface area contributed by atoms with E-state index in [1.54, 1.807) is 24.3 Å². The number of aliphatic hydroxyl groups is 1. The van der Waals surface area contributed by atoms with Crippen LogP contribution in [0, 0.1) is 10.1 Å². The summed E-state index contributed by atoms with van der Waals surface area (Å²) in [6.45, 7) is 0. The quantitative estimate of drug-likeness (QED) is 0.0934. The number of benzene rings is 5. The summed E-state index contributed by atoms with van der Waals surface area (Å²) >= 11 is 0. The van der Waals surface area contributed by atoms with Gasteiger partial charge in [0.1, 0.15) is 5.78 Å². The monoisotopic (exact) mass is 573 g/mol. The van der Waals surface area contributed by atoms with E-state index in [0.29, 0.717) is 11.1 Å². The first-order chi connectivity index (χ1) is 20.5. The molecule has 1 N–H and O–H groups in total. The van der Waals surface area contributed by atoms with Gasteiger partial charge in [0.05, 0.1) is 17.1 Å². The summed E-state index contributed by atoms with van der Waals surface area (Å²) in [6, 6.07) is 45.4. The zero-order chi connectivity index (χ0) is 29.4. The van der Waals surface area contributed by atoms with Crippen LogP contribution in [-0.4, -0.2) is 24.1 Å². The predicted molar refractivity (Wildman–Crippen MR) is 167 cm³/mol. The molecule has 0 aliphatic heterocycles. The highest BCUT2D eigenvalue weighted by atomic mass is 28.4. The summed E-state index contributed by atoms with van der Waals surface area (Å²) in [5, 5.41) is 25.2.